The fraction of sp³-hybridized carbons (Fsp3) is 0.471. The zero-order valence-electron chi connectivity index (χ0n) is 13.8. The SMILES string of the molecule is Cc1oc(-c2ccsc2)nc1CN1CCCC[C@@H]1Cn1cncn1. The average Bonchev–Trinajstić information content (AvgIpc) is 3.32. The van der Waals surface area contributed by atoms with Crippen molar-refractivity contribution in [3.8, 4) is 11.5 Å². The molecule has 0 N–H and O–H groups in total. The van der Waals surface area contributed by atoms with Gasteiger partial charge in [-0.15, -0.1) is 0 Å². The van der Waals surface area contributed by atoms with E-state index in [4.69, 9.17) is 9.40 Å². The van der Waals surface area contributed by atoms with Gasteiger partial charge in [0.05, 0.1) is 12.2 Å². The lowest BCUT2D eigenvalue weighted by atomic mass is 10.0. The molecule has 4 heterocycles. The molecule has 0 unspecified atom stereocenters. The molecule has 126 valence electrons. The summed E-state index contributed by atoms with van der Waals surface area (Å²) in [6.07, 6.45) is 7.09. The summed E-state index contributed by atoms with van der Waals surface area (Å²) < 4.78 is 7.81. The Hall–Kier alpha value is -1.99. The minimum atomic E-state index is 0.473. The number of aryl methyl sites for hydroxylation is 1. The fourth-order valence-corrected chi connectivity index (χ4v) is 3.92. The monoisotopic (exact) mass is 343 g/mol. The van der Waals surface area contributed by atoms with Crippen molar-refractivity contribution in [1.82, 2.24) is 24.6 Å². The number of nitrogens with zero attached hydrogens (tertiary/aromatic N) is 5. The fourth-order valence-electron chi connectivity index (χ4n) is 3.29. The largest absolute Gasteiger partial charge is 0.441 e. The molecule has 3 aromatic heterocycles. The molecule has 1 atom stereocenters. The van der Waals surface area contributed by atoms with Crippen molar-refractivity contribution in [2.75, 3.05) is 6.54 Å². The van der Waals surface area contributed by atoms with E-state index in [0.717, 1.165) is 42.5 Å². The van der Waals surface area contributed by atoms with E-state index in [2.05, 4.69) is 20.4 Å². The molecule has 0 radical (unpaired) electrons. The van der Waals surface area contributed by atoms with Gasteiger partial charge in [-0.3, -0.25) is 9.58 Å². The van der Waals surface area contributed by atoms with E-state index in [1.165, 1.54) is 19.3 Å². The van der Waals surface area contributed by atoms with Gasteiger partial charge in [-0.1, -0.05) is 6.42 Å². The molecular weight excluding hydrogens is 322 g/mol. The van der Waals surface area contributed by atoms with Crippen LogP contribution in [0.4, 0.5) is 0 Å². The lowest BCUT2D eigenvalue weighted by Gasteiger charge is -2.35. The van der Waals surface area contributed by atoms with E-state index < -0.39 is 0 Å². The highest BCUT2D eigenvalue weighted by Crippen LogP contribution is 2.26. The predicted molar refractivity (Wildman–Crippen MR) is 92.6 cm³/mol. The molecule has 1 fully saturated rings. The summed E-state index contributed by atoms with van der Waals surface area (Å²) in [7, 11) is 0. The molecule has 7 heteroatoms. The molecule has 1 aliphatic heterocycles. The highest BCUT2D eigenvalue weighted by Gasteiger charge is 2.25. The molecular formula is C17H21N5OS. The van der Waals surface area contributed by atoms with Crippen LogP contribution in [0.25, 0.3) is 11.5 Å². The maximum Gasteiger partial charge on any atom is 0.227 e. The number of likely N-dealkylation sites (tertiary alicyclic amines) is 1. The van der Waals surface area contributed by atoms with Crippen LogP contribution in [-0.2, 0) is 13.1 Å². The van der Waals surface area contributed by atoms with E-state index in [-0.39, 0.29) is 0 Å². The molecule has 3 aromatic rings. The minimum Gasteiger partial charge on any atom is -0.441 e. The van der Waals surface area contributed by atoms with Gasteiger partial charge in [0.25, 0.3) is 0 Å². The van der Waals surface area contributed by atoms with Crippen molar-refractivity contribution in [2.24, 2.45) is 0 Å². The molecule has 0 saturated carbocycles. The second-order valence-corrected chi connectivity index (χ2v) is 7.05. The maximum absolute atomic E-state index is 5.88. The van der Waals surface area contributed by atoms with Gasteiger partial charge >= 0.3 is 0 Å². The highest BCUT2D eigenvalue weighted by atomic mass is 32.1. The second-order valence-electron chi connectivity index (χ2n) is 6.27. The number of thiophene rings is 1. The van der Waals surface area contributed by atoms with E-state index in [9.17, 15) is 0 Å². The van der Waals surface area contributed by atoms with Gasteiger partial charge in [0.1, 0.15) is 18.4 Å². The summed E-state index contributed by atoms with van der Waals surface area (Å²) in [5.74, 6) is 1.65. The topological polar surface area (TPSA) is 60.0 Å². The lowest BCUT2D eigenvalue weighted by molar-refractivity contribution is 0.120. The highest BCUT2D eigenvalue weighted by molar-refractivity contribution is 7.08. The van der Waals surface area contributed by atoms with Crippen LogP contribution < -0.4 is 0 Å². The van der Waals surface area contributed by atoms with Gasteiger partial charge in [-0.2, -0.15) is 16.4 Å². The molecule has 0 amide bonds. The molecule has 4 rings (SSSR count). The summed E-state index contributed by atoms with van der Waals surface area (Å²) in [5.41, 5.74) is 2.11. The first-order valence-electron chi connectivity index (χ1n) is 8.35. The zero-order valence-corrected chi connectivity index (χ0v) is 14.6. The quantitative estimate of drug-likeness (QED) is 0.711. The van der Waals surface area contributed by atoms with Gasteiger partial charge in [-0.25, -0.2) is 9.97 Å². The van der Waals surface area contributed by atoms with Crippen molar-refractivity contribution >= 4 is 11.3 Å². The summed E-state index contributed by atoms with van der Waals surface area (Å²) in [6.45, 7) is 4.82. The first kappa shape index (κ1) is 15.5. The standard InChI is InChI=1S/C17H21N5OS/c1-13-16(20-17(23-13)14-5-7-24-10-14)9-21-6-3-2-4-15(21)8-22-12-18-11-19-22/h5,7,10-12,15H,2-4,6,8-9H2,1H3/t15-/m1/s1. The van der Waals surface area contributed by atoms with Crippen molar-refractivity contribution in [3.63, 3.8) is 0 Å². The smallest absolute Gasteiger partial charge is 0.227 e. The van der Waals surface area contributed by atoms with E-state index in [0.29, 0.717) is 6.04 Å². The molecule has 6 nitrogen and oxygen atoms in total. The van der Waals surface area contributed by atoms with Gasteiger partial charge in [0.2, 0.25) is 5.89 Å². The van der Waals surface area contributed by atoms with Crippen LogP contribution in [0.5, 0.6) is 0 Å². The Bertz CT molecular complexity index is 765. The maximum atomic E-state index is 5.88. The predicted octanol–water partition coefficient (Wildman–Crippen LogP) is 3.36. The van der Waals surface area contributed by atoms with E-state index in [1.54, 1.807) is 24.0 Å². The van der Waals surface area contributed by atoms with Gasteiger partial charge < -0.3 is 4.42 Å². The van der Waals surface area contributed by atoms with Gasteiger partial charge in [-0.05, 0) is 37.8 Å². The number of hydrogen-bond donors (Lipinski definition) is 0. The van der Waals surface area contributed by atoms with E-state index in [1.807, 2.05) is 23.1 Å². The Morgan fingerprint density at radius 2 is 2.33 bits per heavy atom. The molecule has 0 aromatic carbocycles. The molecule has 0 spiro atoms. The van der Waals surface area contributed by atoms with Crippen LogP contribution in [0.3, 0.4) is 0 Å². The first-order chi connectivity index (χ1) is 11.8. The summed E-state index contributed by atoms with van der Waals surface area (Å²) in [4.78, 5) is 11.3. The third-order valence-corrected chi connectivity index (χ3v) is 5.31. The van der Waals surface area contributed by atoms with Crippen molar-refractivity contribution in [1.29, 1.82) is 0 Å². The van der Waals surface area contributed by atoms with Crippen molar-refractivity contribution in [3.05, 3.63) is 40.9 Å². The van der Waals surface area contributed by atoms with Crippen molar-refractivity contribution in [2.45, 2.75) is 45.3 Å². The van der Waals surface area contributed by atoms with Gasteiger partial charge in [0, 0.05) is 23.5 Å². The van der Waals surface area contributed by atoms with Crippen LogP contribution in [-0.4, -0.2) is 37.2 Å². The van der Waals surface area contributed by atoms with Crippen LogP contribution in [0.15, 0.2) is 33.9 Å². The lowest BCUT2D eigenvalue weighted by Crippen LogP contribution is -2.41. The normalized spacial score (nSPS) is 19.0. The Kier molecular flexibility index (Phi) is 4.44. The van der Waals surface area contributed by atoms with Crippen LogP contribution in [0.1, 0.15) is 30.7 Å². The molecule has 0 aliphatic carbocycles. The number of oxazole rings is 1. The first-order valence-corrected chi connectivity index (χ1v) is 9.29. The van der Waals surface area contributed by atoms with Crippen LogP contribution in [0.2, 0.25) is 0 Å². The van der Waals surface area contributed by atoms with Crippen LogP contribution >= 0.6 is 11.3 Å². The summed E-state index contributed by atoms with van der Waals surface area (Å²) in [5, 5.41) is 8.37. The molecule has 1 saturated heterocycles. The third kappa shape index (κ3) is 3.27. The number of piperidine rings is 1. The van der Waals surface area contributed by atoms with Crippen molar-refractivity contribution < 1.29 is 4.42 Å². The van der Waals surface area contributed by atoms with Gasteiger partial charge in [0.15, 0.2) is 0 Å². The summed E-state index contributed by atoms with van der Waals surface area (Å²) in [6, 6.07) is 2.52. The number of rotatable bonds is 5. The molecule has 0 bridgehead atoms. The zero-order chi connectivity index (χ0) is 16.4. The Balaban J connectivity index is 1.50. The molecule has 1 aliphatic rings. The molecule has 24 heavy (non-hydrogen) atoms. The Morgan fingerprint density at radius 1 is 1.38 bits per heavy atom. The third-order valence-electron chi connectivity index (χ3n) is 4.63. The Morgan fingerprint density at radius 3 is 3.12 bits per heavy atom. The summed E-state index contributed by atoms with van der Waals surface area (Å²) >= 11 is 1.66. The number of aromatic nitrogens is 4. The Labute approximate surface area is 145 Å². The minimum absolute atomic E-state index is 0.473. The second kappa shape index (κ2) is 6.86. The van der Waals surface area contributed by atoms with Crippen LogP contribution in [0, 0.1) is 6.92 Å². The van der Waals surface area contributed by atoms with E-state index >= 15 is 0 Å². The average molecular weight is 343 g/mol. The number of hydrogen-bond acceptors (Lipinski definition) is 6.